The average molecular weight is 340 g/mol. The van der Waals surface area contributed by atoms with E-state index < -0.39 is 0 Å². The largest absolute Gasteiger partial charge is 0.396 e. The highest BCUT2D eigenvalue weighted by molar-refractivity contribution is 8.00. The van der Waals surface area contributed by atoms with E-state index in [-0.39, 0.29) is 23.3 Å². The third-order valence-corrected chi connectivity index (χ3v) is 6.05. The van der Waals surface area contributed by atoms with Crippen LogP contribution in [0.15, 0.2) is 29.2 Å². The van der Waals surface area contributed by atoms with E-state index in [0.717, 1.165) is 19.4 Å². The van der Waals surface area contributed by atoms with Crippen molar-refractivity contribution in [3.05, 3.63) is 29.8 Å². The standard InChI is InChI=1S/C17H25NO2S2/c1-17(2,12-19)9-4-10-18-15(20)11-22-16(18)13-5-7-14(21-3)8-6-13/h5-8,16,19H,4,9-12H2,1-3H3. The Labute approximate surface area is 141 Å². The molecule has 3 nitrogen and oxygen atoms in total. The number of nitrogens with zero attached hydrogens (tertiary/aromatic N) is 1. The molecular weight excluding hydrogens is 314 g/mol. The Hall–Kier alpha value is -0.650. The first-order valence-electron chi connectivity index (χ1n) is 7.63. The van der Waals surface area contributed by atoms with E-state index in [2.05, 4.69) is 44.4 Å². The van der Waals surface area contributed by atoms with Crippen LogP contribution in [0.5, 0.6) is 0 Å². The molecule has 0 saturated carbocycles. The van der Waals surface area contributed by atoms with Gasteiger partial charge < -0.3 is 10.0 Å². The molecule has 0 bridgehead atoms. The summed E-state index contributed by atoms with van der Waals surface area (Å²) in [6.07, 6.45) is 3.92. The monoisotopic (exact) mass is 339 g/mol. The number of carbonyl (C=O) groups is 1. The molecule has 1 aliphatic rings. The van der Waals surface area contributed by atoms with Crippen LogP contribution >= 0.6 is 23.5 Å². The van der Waals surface area contributed by atoms with Gasteiger partial charge in [0, 0.05) is 18.0 Å². The summed E-state index contributed by atoms with van der Waals surface area (Å²) in [4.78, 5) is 15.4. The number of aliphatic hydroxyl groups excluding tert-OH is 1. The molecule has 2 rings (SSSR count). The number of rotatable bonds is 7. The molecule has 0 aliphatic carbocycles. The molecule has 1 aromatic rings. The number of hydrogen-bond acceptors (Lipinski definition) is 4. The number of carbonyl (C=O) groups excluding carboxylic acids is 1. The first-order valence-corrected chi connectivity index (χ1v) is 9.90. The molecule has 0 radical (unpaired) electrons. The van der Waals surface area contributed by atoms with E-state index in [1.54, 1.807) is 23.5 Å². The number of hydrogen-bond donors (Lipinski definition) is 1. The quantitative estimate of drug-likeness (QED) is 0.768. The van der Waals surface area contributed by atoms with Crippen molar-refractivity contribution >= 4 is 29.4 Å². The van der Waals surface area contributed by atoms with Crippen LogP contribution in [0.25, 0.3) is 0 Å². The van der Waals surface area contributed by atoms with Crippen molar-refractivity contribution in [3.8, 4) is 0 Å². The second-order valence-corrected chi connectivity index (χ2v) is 8.40. The first-order chi connectivity index (χ1) is 10.5. The number of amides is 1. The van der Waals surface area contributed by atoms with Crippen LogP contribution in [0.2, 0.25) is 0 Å². The number of aliphatic hydroxyl groups is 1. The Morgan fingerprint density at radius 2 is 2.05 bits per heavy atom. The molecule has 1 atom stereocenters. The summed E-state index contributed by atoms with van der Waals surface area (Å²) in [6, 6.07) is 8.51. The first kappa shape index (κ1) is 17.7. The third-order valence-electron chi connectivity index (χ3n) is 4.05. The smallest absolute Gasteiger partial charge is 0.233 e. The second-order valence-electron chi connectivity index (χ2n) is 6.45. The normalized spacial score (nSPS) is 19.0. The van der Waals surface area contributed by atoms with Gasteiger partial charge in [0.15, 0.2) is 0 Å². The molecule has 1 heterocycles. The predicted molar refractivity (Wildman–Crippen MR) is 95.2 cm³/mol. The SMILES string of the molecule is CSc1ccc(C2SCC(=O)N2CCCC(C)(C)CO)cc1. The fourth-order valence-corrected chi connectivity index (χ4v) is 4.17. The molecule has 5 heteroatoms. The molecular formula is C17H25NO2S2. The van der Waals surface area contributed by atoms with Gasteiger partial charge in [-0.3, -0.25) is 4.79 Å². The van der Waals surface area contributed by atoms with Crippen molar-refractivity contribution in [1.29, 1.82) is 0 Å². The summed E-state index contributed by atoms with van der Waals surface area (Å²) in [5.74, 6) is 0.795. The Bertz CT molecular complexity index is 502. The Kier molecular flexibility index (Phi) is 6.24. The summed E-state index contributed by atoms with van der Waals surface area (Å²) in [7, 11) is 0. The molecule has 122 valence electrons. The zero-order chi connectivity index (χ0) is 16.2. The Morgan fingerprint density at radius 1 is 1.36 bits per heavy atom. The van der Waals surface area contributed by atoms with Gasteiger partial charge in [0.25, 0.3) is 0 Å². The van der Waals surface area contributed by atoms with E-state index in [4.69, 9.17) is 0 Å². The average Bonchev–Trinajstić information content (AvgIpc) is 2.88. The topological polar surface area (TPSA) is 40.5 Å². The minimum atomic E-state index is -0.0641. The van der Waals surface area contributed by atoms with Crippen molar-refractivity contribution < 1.29 is 9.90 Å². The highest BCUT2D eigenvalue weighted by Crippen LogP contribution is 2.39. The number of thioether (sulfide) groups is 2. The molecule has 1 saturated heterocycles. The van der Waals surface area contributed by atoms with E-state index in [1.807, 2.05) is 4.90 Å². The van der Waals surface area contributed by atoms with Gasteiger partial charge in [-0.25, -0.2) is 0 Å². The lowest BCUT2D eigenvalue weighted by molar-refractivity contribution is -0.128. The zero-order valence-electron chi connectivity index (χ0n) is 13.5. The fraction of sp³-hybridized carbons (Fsp3) is 0.588. The lowest BCUT2D eigenvalue weighted by atomic mass is 9.89. The van der Waals surface area contributed by atoms with Crippen LogP contribution in [0.1, 0.15) is 37.6 Å². The van der Waals surface area contributed by atoms with Gasteiger partial charge in [-0.15, -0.1) is 23.5 Å². The van der Waals surface area contributed by atoms with Crippen LogP contribution in [-0.4, -0.2) is 41.1 Å². The molecule has 1 amide bonds. The Morgan fingerprint density at radius 3 is 2.64 bits per heavy atom. The van der Waals surface area contributed by atoms with Crippen molar-refractivity contribution in [2.45, 2.75) is 37.0 Å². The fourth-order valence-electron chi connectivity index (χ4n) is 2.55. The van der Waals surface area contributed by atoms with Crippen molar-refractivity contribution in [3.63, 3.8) is 0 Å². The Balaban J connectivity index is 1.99. The summed E-state index contributed by atoms with van der Waals surface area (Å²) in [5.41, 5.74) is 1.14. The van der Waals surface area contributed by atoms with E-state index in [9.17, 15) is 9.90 Å². The molecule has 1 N–H and O–H groups in total. The summed E-state index contributed by atoms with van der Waals surface area (Å²) >= 11 is 3.44. The maximum Gasteiger partial charge on any atom is 0.233 e. The van der Waals surface area contributed by atoms with Crippen LogP contribution in [0.3, 0.4) is 0 Å². The maximum atomic E-state index is 12.2. The van der Waals surface area contributed by atoms with Gasteiger partial charge >= 0.3 is 0 Å². The van der Waals surface area contributed by atoms with E-state index in [1.165, 1.54) is 10.5 Å². The third kappa shape index (κ3) is 4.43. The van der Waals surface area contributed by atoms with E-state index in [0.29, 0.717) is 5.75 Å². The van der Waals surface area contributed by atoms with Crippen LogP contribution in [0, 0.1) is 5.41 Å². The lowest BCUT2D eigenvalue weighted by Gasteiger charge is -2.27. The van der Waals surface area contributed by atoms with Gasteiger partial charge in [0.05, 0.1) is 5.75 Å². The van der Waals surface area contributed by atoms with Crippen molar-refractivity contribution in [1.82, 2.24) is 4.90 Å². The molecule has 22 heavy (non-hydrogen) atoms. The van der Waals surface area contributed by atoms with Gasteiger partial charge in [-0.2, -0.15) is 0 Å². The summed E-state index contributed by atoms with van der Waals surface area (Å²) in [6.45, 7) is 5.08. The van der Waals surface area contributed by atoms with Gasteiger partial charge in [0.2, 0.25) is 5.91 Å². The van der Waals surface area contributed by atoms with Crippen LogP contribution in [0.4, 0.5) is 0 Å². The molecule has 1 aliphatic heterocycles. The van der Waals surface area contributed by atoms with Gasteiger partial charge in [0.1, 0.15) is 5.37 Å². The minimum absolute atomic E-state index is 0.0641. The lowest BCUT2D eigenvalue weighted by Crippen LogP contribution is -2.30. The molecule has 0 aromatic heterocycles. The summed E-state index contributed by atoms with van der Waals surface area (Å²) < 4.78 is 0. The number of benzene rings is 1. The molecule has 1 unspecified atom stereocenters. The highest BCUT2D eigenvalue weighted by Gasteiger charge is 2.32. The predicted octanol–water partition coefficient (Wildman–Crippen LogP) is 3.78. The van der Waals surface area contributed by atoms with Gasteiger partial charge in [-0.05, 0) is 42.2 Å². The van der Waals surface area contributed by atoms with Crippen LogP contribution < -0.4 is 0 Å². The zero-order valence-corrected chi connectivity index (χ0v) is 15.2. The maximum absolute atomic E-state index is 12.2. The van der Waals surface area contributed by atoms with Gasteiger partial charge in [-0.1, -0.05) is 26.0 Å². The summed E-state index contributed by atoms with van der Waals surface area (Å²) in [5, 5.41) is 9.47. The van der Waals surface area contributed by atoms with Crippen LogP contribution in [-0.2, 0) is 4.79 Å². The highest BCUT2D eigenvalue weighted by atomic mass is 32.2. The molecule has 1 fully saturated rings. The second kappa shape index (κ2) is 7.75. The minimum Gasteiger partial charge on any atom is -0.396 e. The van der Waals surface area contributed by atoms with Crippen molar-refractivity contribution in [2.75, 3.05) is 25.2 Å². The molecule has 1 aromatic carbocycles. The van der Waals surface area contributed by atoms with Crippen molar-refractivity contribution in [2.24, 2.45) is 5.41 Å². The van der Waals surface area contributed by atoms with E-state index >= 15 is 0 Å². The molecule has 0 spiro atoms.